The quantitative estimate of drug-likeness (QED) is 0.687. The van der Waals surface area contributed by atoms with E-state index in [1.807, 2.05) is 24.3 Å². The first-order valence-corrected chi connectivity index (χ1v) is 7.24. The van der Waals surface area contributed by atoms with Crippen molar-refractivity contribution >= 4 is 17.4 Å². The van der Waals surface area contributed by atoms with E-state index in [9.17, 15) is 4.79 Å². The number of carbonyl (C=O) groups is 1. The van der Waals surface area contributed by atoms with Crippen LogP contribution in [0.1, 0.15) is 43.6 Å². The summed E-state index contributed by atoms with van der Waals surface area (Å²) in [5.41, 5.74) is 1.93. The van der Waals surface area contributed by atoms with Crippen LogP contribution in [0.15, 0.2) is 42.5 Å². The number of hydrogen-bond donors (Lipinski definition) is 0. The van der Waals surface area contributed by atoms with Gasteiger partial charge in [-0.05, 0) is 48.2 Å². The fraction of sp³-hybridized carbons (Fsp3) is 0.278. The normalized spacial score (nSPS) is 11.3. The minimum atomic E-state index is -0.0158. The Hall–Kier alpha value is -1.80. The average Bonchev–Trinajstić information content (AvgIpc) is 2.40. The second kappa shape index (κ2) is 5.90. The molecule has 0 amide bonds. The van der Waals surface area contributed by atoms with Crippen LogP contribution in [0.4, 0.5) is 0 Å². The van der Waals surface area contributed by atoms with Crippen LogP contribution in [-0.4, -0.2) is 5.78 Å². The van der Waals surface area contributed by atoms with Gasteiger partial charge in [0.25, 0.3) is 0 Å². The minimum absolute atomic E-state index is 0.0158. The first-order chi connectivity index (χ1) is 9.77. The smallest absolute Gasteiger partial charge is 0.159 e. The van der Waals surface area contributed by atoms with E-state index in [2.05, 4.69) is 20.8 Å². The lowest BCUT2D eigenvalue weighted by Crippen LogP contribution is -2.10. The second-order valence-corrected chi connectivity index (χ2v) is 6.49. The Morgan fingerprint density at radius 1 is 1.05 bits per heavy atom. The Kier molecular flexibility index (Phi) is 4.38. The maximum absolute atomic E-state index is 11.3. The van der Waals surface area contributed by atoms with Crippen molar-refractivity contribution in [2.45, 2.75) is 33.1 Å². The van der Waals surface area contributed by atoms with Crippen LogP contribution < -0.4 is 4.74 Å². The molecule has 0 bridgehead atoms. The highest BCUT2D eigenvalue weighted by atomic mass is 35.5. The third-order valence-corrected chi connectivity index (χ3v) is 3.58. The maximum atomic E-state index is 11.3. The predicted molar refractivity (Wildman–Crippen MR) is 86.7 cm³/mol. The van der Waals surface area contributed by atoms with Crippen molar-refractivity contribution in [3.05, 3.63) is 58.6 Å². The van der Waals surface area contributed by atoms with Crippen LogP contribution >= 0.6 is 11.6 Å². The molecule has 3 heteroatoms. The first-order valence-electron chi connectivity index (χ1n) is 6.86. The fourth-order valence-corrected chi connectivity index (χ4v) is 2.17. The summed E-state index contributed by atoms with van der Waals surface area (Å²) >= 11 is 6.15. The van der Waals surface area contributed by atoms with Crippen molar-refractivity contribution in [3.8, 4) is 11.5 Å². The van der Waals surface area contributed by atoms with Crippen molar-refractivity contribution in [1.82, 2.24) is 0 Å². The Morgan fingerprint density at radius 2 is 1.67 bits per heavy atom. The number of benzene rings is 2. The van der Waals surface area contributed by atoms with Gasteiger partial charge in [-0.15, -0.1) is 0 Å². The number of rotatable bonds is 3. The molecule has 0 N–H and O–H groups in total. The highest BCUT2D eigenvalue weighted by molar-refractivity contribution is 6.32. The molecule has 0 atom stereocenters. The molecule has 0 radical (unpaired) electrons. The molecule has 0 aliphatic carbocycles. The molecule has 0 saturated carbocycles. The van der Waals surface area contributed by atoms with Gasteiger partial charge in [0.15, 0.2) is 5.78 Å². The summed E-state index contributed by atoms with van der Waals surface area (Å²) in [5, 5.41) is 0.433. The molecular formula is C18H19ClO2. The molecule has 2 aromatic carbocycles. The topological polar surface area (TPSA) is 26.3 Å². The van der Waals surface area contributed by atoms with Crippen LogP contribution in [0.2, 0.25) is 5.02 Å². The highest BCUT2D eigenvalue weighted by Crippen LogP contribution is 2.31. The SMILES string of the molecule is CC(=O)c1ccc(Oc2ccc(C(C)(C)C)cc2)c(Cl)c1. The molecule has 21 heavy (non-hydrogen) atoms. The number of halogens is 1. The van der Waals surface area contributed by atoms with Crippen LogP contribution in [0.3, 0.4) is 0 Å². The van der Waals surface area contributed by atoms with Gasteiger partial charge in [-0.25, -0.2) is 0 Å². The molecule has 0 heterocycles. The zero-order chi connectivity index (χ0) is 15.6. The summed E-state index contributed by atoms with van der Waals surface area (Å²) in [5.74, 6) is 1.25. The van der Waals surface area contributed by atoms with E-state index < -0.39 is 0 Å². The molecule has 2 nitrogen and oxygen atoms in total. The van der Waals surface area contributed by atoms with E-state index in [4.69, 9.17) is 16.3 Å². The monoisotopic (exact) mass is 302 g/mol. The molecule has 0 fully saturated rings. The van der Waals surface area contributed by atoms with E-state index in [-0.39, 0.29) is 11.2 Å². The summed E-state index contributed by atoms with van der Waals surface area (Å²) in [6.07, 6.45) is 0. The van der Waals surface area contributed by atoms with E-state index in [0.717, 1.165) is 5.75 Å². The molecular weight excluding hydrogens is 284 g/mol. The van der Waals surface area contributed by atoms with Crippen LogP contribution in [0.25, 0.3) is 0 Å². The first kappa shape index (κ1) is 15.6. The molecule has 2 aromatic rings. The van der Waals surface area contributed by atoms with Gasteiger partial charge >= 0.3 is 0 Å². The second-order valence-electron chi connectivity index (χ2n) is 6.08. The largest absolute Gasteiger partial charge is 0.456 e. The Bertz CT molecular complexity index is 652. The molecule has 0 unspecified atom stereocenters. The highest BCUT2D eigenvalue weighted by Gasteiger charge is 2.13. The van der Waals surface area contributed by atoms with E-state index in [1.54, 1.807) is 18.2 Å². The summed E-state index contributed by atoms with van der Waals surface area (Å²) in [4.78, 5) is 11.3. The molecule has 2 rings (SSSR count). The maximum Gasteiger partial charge on any atom is 0.159 e. The van der Waals surface area contributed by atoms with Gasteiger partial charge in [0.1, 0.15) is 11.5 Å². The zero-order valence-electron chi connectivity index (χ0n) is 12.7. The number of ether oxygens (including phenoxy) is 1. The van der Waals surface area contributed by atoms with Gasteiger partial charge in [0.2, 0.25) is 0 Å². The van der Waals surface area contributed by atoms with Gasteiger partial charge in [-0.2, -0.15) is 0 Å². The number of carbonyl (C=O) groups excluding carboxylic acids is 1. The van der Waals surface area contributed by atoms with Gasteiger partial charge in [0.05, 0.1) is 5.02 Å². The minimum Gasteiger partial charge on any atom is -0.456 e. The van der Waals surface area contributed by atoms with E-state index >= 15 is 0 Å². The third kappa shape index (κ3) is 3.85. The molecule has 0 aliphatic rings. The molecule has 0 spiro atoms. The van der Waals surface area contributed by atoms with Crippen LogP contribution in [-0.2, 0) is 5.41 Å². The summed E-state index contributed by atoms with van der Waals surface area (Å²) in [6.45, 7) is 8.01. The van der Waals surface area contributed by atoms with E-state index in [0.29, 0.717) is 16.3 Å². The third-order valence-electron chi connectivity index (χ3n) is 3.29. The summed E-state index contributed by atoms with van der Waals surface area (Å²) < 4.78 is 5.77. The van der Waals surface area contributed by atoms with Crippen molar-refractivity contribution in [3.63, 3.8) is 0 Å². The van der Waals surface area contributed by atoms with Crippen molar-refractivity contribution in [2.75, 3.05) is 0 Å². The van der Waals surface area contributed by atoms with Crippen molar-refractivity contribution in [1.29, 1.82) is 0 Å². The lowest BCUT2D eigenvalue weighted by Gasteiger charge is -2.19. The summed E-state index contributed by atoms with van der Waals surface area (Å²) in [6, 6.07) is 13.0. The zero-order valence-corrected chi connectivity index (χ0v) is 13.5. The summed E-state index contributed by atoms with van der Waals surface area (Å²) in [7, 11) is 0. The fourth-order valence-electron chi connectivity index (χ4n) is 1.95. The Labute approximate surface area is 130 Å². The Morgan fingerprint density at radius 3 is 2.14 bits per heavy atom. The van der Waals surface area contributed by atoms with Crippen molar-refractivity contribution < 1.29 is 9.53 Å². The Balaban J connectivity index is 2.20. The van der Waals surface area contributed by atoms with Crippen LogP contribution in [0.5, 0.6) is 11.5 Å². The molecule has 0 saturated heterocycles. The lowest BCUT2D eigenvalue weighted by atomic mass is 9.87. The van der Waals surface area contributed by atoms with Gasteiger partial charge in [0, 0.05) is 5.56 Å². The molecule has 110 valence electrons. The van der Waals surface area contributed by atoms with Gasteiger partial charge in [-0.1, -0.05) is 44.5 Å². The van der Waals surface area contributed by atoms with Gasteiger partial charge < -0.3 is 4.74 Å². The van der Waals surface area contributed by atoms with Gasteiger partial charge in [-0.3, -0.25) is 4.79 Å². The molecule has 0 aromatic heterocycles. The standard InChI is InChI=1S/C18H19ClO2/c1-12(20)13-5-10-17(16(19)11-13)21-15-8-6-14(7-9-15)18(2,3)4/h5-11H,1-4H3. The average molecular weight is 303 g/mol. The van der Waals surface area contributed by atoms with Crippen LogP contribution in [0, 0.1) is 0 Å². The number of hydrogen-bond acceptors (Lipinski definition) is 2. The number of Topliss-reactive ketones (excluding diaryl/α,β-unsaturated/α-hetero) is 1. The predicted octanol–water partition coefficient (Wildman–Crippen LogP) is 5.63. The lowest BCUT2D eigenvalue weighted by molar-refractivity contribution is 0.101. The van der Waals surface area contributed by atoms with E-state index in [1.165, 1.54) is 12.5 Å². The number of ketones is 1. The molecule has 0 aliphatic heterocycles. The van der Waals surface area contributed by atoms with Crippen molar-refractivity contribution in [2.24, 2.45) is 0 Å².